The molecule has 1 aliphatic heterocycles. The monoisotopic (exact) mass is 515 g/mol. The summed E-state index contributed by atoms with van der Waals surface area (Å²) in [5, 5.41) is 13.2. The predicted octanol–water partition coefficient (Wildman–Crippen LogP) is 5.11. The Hall–Kier alpha value is -3.89. The fraction of sp³-hybridized carbons (Fsp3) is 0.259. The molecule has 8 nitrogen and oxygen atoms in total. The highest BCUT2D eigenvalue weighted by molar-refractivity contribution is 7.22. The molecule has 1 saturated heterocycles. The summed E-state index contributed by atoms with van der Waals surface area (Å²) in [7, 11) is 0. The van der Waals surface area contributed by atoms with E-state index in [1.54, 1.807) is 36.6 Å². The number of likely N-dealkylation sites (tertiary alicyclic amines) is 1. The maximum absolute atomic E-state index is 15.6. The second-order valence-corrected chi connectivity index (χ2v) is 10.2. The Labute approximate surface area is 217 Å². The van der Waals surface area contributed by atoms with E-state index in [1.165, 1.54) is 22.2 Å². The molecule has 0 aliphatic carbocycles. The molecular weight excluding hydrogens is 489 g/mol. The molecular formula is C27H26FN7OS. The van der Waals surface area contributed by atoms with E-state index in [-0.39, 0.29) is 11.5 Å². The van der Waals surface area contributed by atoms with Crippen LogP contribution in [0.3, 0.4) is 0 Å². The van der Waals surface area contributed by atoms with Gasteiger partial charge in [0, 0.05) is 33.4 Å². The molecule has 1 aliphatic rings. The summed E-state index contributed by atoms with van der Waals surface area (Å²) in [5.41, 5.74) is 8.29. The minimum atomic E-state index is -0.445. The van der Waals surface area contributed by atoms with Crippen LogP contribution in [0.2, 0.25) is 0 Å². The Balaban J connectivity index is 1.30. The topological polar surface area (TPSA) is 95.0 Å². The van der Waals surface area contributed by atoms with Crippen molar-refractivity contribution in [1.82, 2.24) is 30.1 Å². The first-order valence-corrected chi connectivity index (χ1v) is 13.1. The molecule has 0 bridgehead atoms. The highest BCUT2D eigenvalue weighted by Crippen LogP contribution is 2.36. The number of pyridine rings is 1. The molecule has 37 heavy (non-hydrogen) atoms. The van der Waals surface area contributed by atoms with Crippen molar-refractivity contribution in [1.29, 1.82) is 0 Å². The number of hydrogen-bond donors (Lipinski definition) is 1. The Kier molecular flexibility index (Phi) is 6.27. The van der Waals surface area contributed by atoms with E-state index < -0.39 is 5.82 Å². The van der Waals surface area contributed by atoms with Gasteiger partial charge in [-0.15, -0.1) is 16.4 Å². The fourth-order valence-electron chi connectivity index (χ4n) is 4.69. The lowest BCUT2D eigenvalue weighted by molar-refractivity contribution is 0.236. The molecule has 2 N–H and O–H groups in total. The number of ether oxygens (including phenoxy) is 1. The molecule has 0 saturated carbocycles. The van der Waals surface area contributed by atoms with Gasteiger partial charge in [-0.25, -0.2) is 9.37 Å². The number of hydrogen-bond acceptors (Lipinski definition) is 8. The van der Waals surface area contributed by atoms with Crippen molar-refractivity contribution in [3.63, 3.8) is 0 Å². The summed E-state index contributed by atoms with van der Waals surface area (Å²) in [6, 6.07) is 15.6. The molecule has 10 heteroatoms. The average Bonchev–Trinajstić information content (AvgIpc) is 3.68. The van der Waals surface area contributed by atoms with Gasteiger partial charge in [-0.3, -0.25) is 4.90 Å². The van der Waals surface area contributed by atoms with Gasteiger partial charge in [-0.2, -0.15) is 4.68 Å². The lowest BCUT2D eigenvalue weighted by Gasteiger charge is -2.17. The Morgan fingerprint density at radius 2 is 1.95 bits per heavy atom. The van der Waals surface area contributed by atoms with Crippen LogP contribution in [0.1, 0.15) is 18.4 Å². The van der Waals surface area contributed by atoms with Crippen LogP contribution in [0.25, 0.3) is 37.6 Å². The first kappa shape index (κ1) is 23.5. The molecule has 3 aromatic heterocycles. The van der Waals surface area contributed by atoms with Crippen LogP contribution in [0, 0.1) is 12.7 Å². The number of tetrazole rings is 1. The van der Waals surface area contributed by atoms with Crippen molar-refractivity contribution in [3.05, 3.63) is 66.1 Å². The van der Waals surface area contributed by atoms with Gasteiger partial charge in [0.2, 0.25) is 0 Å². The van der Waals surface area contributed by atoms with Crippen LogP contribution in [-0.4, -0.2) is 56.3 Å². The van der Waals surface area contributed by atoms with Crippen LogP contribution >= 0.6 is 11.3 Å². The summed E-state index contributed by atoms with van der Waals surface area (Å²) in [6.07, 6.45) is 4.18. The summed E-state index contributed by atoms with van der Waals surface area (Å²) >= 11 is 1.67. The van der Waals surface area contributed by atoms with Gasteiger partial charge < -0.3 is 10.5 Å². The second kappa shape index (κ2) is 9.87. The van der Waals surface area contributed by atoms with E-state index >= 15 is 4.39 Å². The zero-order chi connectivity index (χ0) is 25.4. The zero-order valence-electron chi connectivity index (χ0n) is 20.4. The van der Waals surface area contributed by atoms with Crippen molar-refractivity contribution in [2.24, 2.45) is 0 Å². The Bertz CT molecular complexity index is 1540. The third-order valence-electron chi connectivity index (χ3n) is 6.75. The second-order valence-electron chi connectivity index (χ2n) is 9.14. The highest BCUT2D eigenvalue weighted by atomic mass is 32.1. The molecule has 0 spiro atoms. The van der Waals surface area contributed by atoms with E-state index in [1.807, 2.05) is 18.2 Å². The molecule has 2 aromatic carbocycles. The predicted molar refractivity (Wildman–Crippen MR) is 143 cm³/mol. The van der Waals surface area contributed by atoms with Crippen molar-refractivity contribution >= 4 is 27.2 Å². The first-order chi connectivity index (χ1) is 18.1. The molecule has 6 rings (SSSR count). The Morgan fingerprint density at radius 3 is 2.78 bits per heavy atom. The number of nitrogens with zero attached hydrogens (tertiary/aromatic N) is 6. The third kappa shape index (κ3) is 4.54. The number of nitrogen functional groups attached to an aromatic ring is 1. The number of aromatic nitrogens is 5. The minimum Gasteiger partial charge on any atom is -0.492 e. The van der Waals surface area contributed by atoms with Crippen LogP contribution in [-0.2, 0) is 0 Å². The minimum absolute atomic E-state index is 0.219. The maximum Gasteiger partial charge on any atom is 0.190 e. The van der Waals surface area contributed by atoms with Crippen molar-refractivity contribution in [2.75, 3.05) is 32.0 Å². The fourth-order valence-corrected chi connectivity index (χ4v) is 5.74. The maximum atomic E-state index is 15.6. The number of halogens is 1. The molecule has 5 aromatic rings. The van der Waals surface area contributed by atoms with E-state index in [2.05, 4.69) is 43.6 Å². The first-order valence-electron chi connectivity index (χ1n) is 12.3. The van der Waals surface area contributed by atoms with E-state index in [4.69, 9.17) is 10.5 Å². The van der Waals surface area contributed by atoms with Gasteiger partial charge >= 0.3 is 0 Å². The quantitative estimate of drug-likeness (QED) is 0.322. The van der Waals surface area contributed by atoms with Crippen molar-refractivity contribution in [3.8, 4) is 33.3 Å². The normalized spacial score (nSPS) is 14.0. The van der Waals surface area contributed by atoms with Gasteiger partial charge in [0.1, 0.15) is 23.9 Å². The third-order valence-corrected chi connectivity index (χ3v) is 7.91. The lowest BCUT2D eigenvalue weighted by Crippen LogP contribution is -2.25. The summed E-state index contributed by atoms with van der Waals surface area (Å²) < 4.78 is 24.0. The largest absolute Gasteiger partial charge is 0.492 e. The average molecular weight is 516 g/mol. The van der Waals surface area contributed by atoms with Crippen molar-refractivity contribution < 1.29 is 9.13 Å². The molecule has 0 radical (unpaired) electrons. The highest BCUT2D eigenvalue weighted by Gasteiger charge is 2.21. The van der Waals surface area contributed by atoms with Gasteiger partial charge in [0.25, 0.3) is 0 Å². The zero-order valence-corrected chi connectivity index (χ0v) is 21.2. The number of thiophene rings is 1. The summed E-state index contributed by atoms with van der Waals surface area (Å²) in [5.74, 6) is 0.649. The molecule has 0 atom stereocenters. The number of benzene rings is 2. The molecule has 188 valence electrons. The molecule has 4 heterocycles. The van der Waals surface area contributed by atoms with Gasteiger partial charge in [-0.05, 0) is 79.0 Å². The van der Waals surface area contributed by atoms with Gasteiger partial charge in [0.05, 0.1) is 5.56 Å². The number of nitrogens with two attached hydrogens (primary N) is 1. The van der Waals surface area contributed by atoms with Gasteiger partial charge in [-0.1, -0.05) is 18.2 Å². The molecule has 1 fully saturated rings. The smallest absolute Gasteiger partial charge is 0.190 e. The number of anilines is 1. The van der Waals surface area contributed by atoms with Crippen molar-refractivity contribution in [2.45, 2.75) is 19.8 Å². The van der Waals surface area contributed by atoms with Crippen LogP contribution in [0.15, 0.2) is 54.7 Å². The summed E-state index contributed by atoms with van der Waals surface area (Å²) in [6.45, 7) is 5.25. The standard InChI is InChI=1S/C27H26FN7OS/c1-17-22(36-13-12-34-10-4-5-11-34)9-8-21(25(17)28)35-27(31-32-33-35)20-14-19(16-30-26(20)29)24-15-18-6-2-3-7-23(18)37-24/h2-3,6-9,14-16H,4-5,10-13H2,1H3,(H2,29,30). The van der Waals surface area contributed by atoms with E-state index in [0.29, 0.717) is 29.3 Å². The van der Waals surface area contributed by atoms with E-state index in [0.717, 1.165) is 35.5 Å². The molecule has 0 amide bonds. The lowest BCUT2D eigenvalue weighted by atomic mass is 10.1. The summed E-state index contributed by atoms with van der Waals surface area (Å²) in [4.78, 5) is 7.80. The van der Waals surface area contributed by atoms with E-state index in [9.17, 15) is 0 Å². The van der Waals surface area contributed by atoms with Crippen LogP contribution in [0.4, 0.5) is 10.2 Å². The van der Waals surface area contributed by atoms with Crippen LogP contribution < -0.4 is 10.5 Å². The Morgan fingerprint density at radius 1 is 1.11 bits per heavy atom. The van der Waals surface area contributed by atoms with Crippen LogP contribution in [0.5, 0.6) is 5.75 Å². The molecule has 0 unspecified atom stereocenters. The van der Waals surface area contributed by atoms with Gasteiger partial charge in [0.15, 0.2) is 11.6 Å². The number of rotatable bonds is 7. The SMILES string of the molecule is Cc1c(OCCN2CCCC2)ccc(-n2nnnc2-c2cc(-c3cc4ccccc4s3)cnc2N)c1F. The number of fused-ring (bicyclic) bond motifs is 1.